The third-order valence-corrected chi connectivity index (χ3v) is 4.92. The molecule has 1 atom stereocenters. The molecule has 1 amide bonds. The Morgan fingerprint density at radius 1 is 1.07 bits per heavy atom. The molecule has 0 spiro atoms. The van der Waals surface area contributed by atoms with Crippen molar-refractivity contribution in [3.63, 3.8) is 0 Å². The van der Waals surface area contributed by atoms with Crippen LogP contribution in [0.5, 0.6) is 0 Å². The van der Waals surface area contributed by atoms with Gasteiger partial charge in [-0.1, -0.05) is 60.7 Å². The number of hydrogen-bond donors (Lipinski definition) is 1. The van der Waals surface area contributed by atoms with Crippen molar-refractivity contribution < 1.29 is 14.3 Å². The van der Waals surface area contributed by atoms with Gasteiger partial charge in [-0.15, -0.1) is 0 Å². The summed E-state index contributed by atoms with van der Waals surface area (Å²) in [5.74, 6) is -0.672. The molecule has 1 fully saturated rings. The van der Waals surface area contributed by atoms with Gasteiger partial charge in [0.15, 0.2) is 0 Å². The molecule has 0 aliphatic heterocycles. The van der Waals surface area contributed by atoms with Gasteiger partial charge in [0.25, 0.3) is 0 Å². The van der Waals surface area contributed by atoms with Crippen molar-refractivity contribution in [3.8, 4) is 0 Å². The Balaban J connectivity index is 1.75. The van der Waals surface area contributed by atoms with E-state index in [2.05, 4.69) is 34.8 Å². The summed E-state index contributed by atoms with van der Waals surface area (Å²) < 4.78 is 4.90. The predicted molar refractivity (Wildman–Crippen MR) is 104 cm³/mol. The van der Waals surface area contributed by atoms with Crippen LogP contribution in [0.15, 0.2) is 65.8 Å². The van der Waals surface area contributed by atoms with Crippen LogP contribution in [0.3, 0.4) is 0 Å². The molecule has 0 aromatic heterocycles. The van der Waals surface area contributed by atoms with Crippen LogP contribution in [0, 0.1) is 5.92 Å². The number of hydrazone groups is 1. The molecule has 5 nitrogen and oxygen atoms in total. The van der Waals surface area contributed by atoms with Crippen LogP contribution in [0.1, 0.15) is 37.8 Å². The van der Waals surface area contributed by atoms with Crippen molar-refractivity contribution in [1.29, 1.82) is 0 Å². The zero-order chi connectivity index (χ0) is 19.3. The van der Waals surface area contributed by atoms with Crippen molar-refractivity contribution in [2.45, 2.75) is 32.1 Å². The molecular weight excluding hydrogens is 340 g/mol. The lowest BCUT2D eigenvalue weighted by Crippen LogP contribution is -2.26. The number of carbonyl (C=O) groups excluding carboxylic acids is 2. The Kier molecular flexibility index (Phi) is 5.69. The molecule has 0 heterocycles. The molecule has 0 saturated heterocycles. The number of ether oxygens (including phenoxy) is 1. The van der Waals surface area contributed by atoms with E-state index in [0.717, 1.165) is 17.5 Å². The van der Waals surface area contributed by atoms with E-state index in [1.807, 2.05) is 36.4 Å². The first-order valence-corrected chi connectivity index (χ1v) is 9.17. The fourth-order valence-corrected chi connectivity index (χ4v) is 3.54. The largest absolute Gasteiger partial charge is 0.466 e. The average Bonchev–Trinajstić information content (AvgIpc) is 3.45. The fraction of sp³-hybridized carbons (Fsp3) is 0.318. The maximum atomic E-state index is 12.7. The number of nitrogens with zero attached hydrogens (tertiary/aromatic N) is 1. The second kappa shape index (κ2) is 8.16. The Hall–Kier alpha value is -2.95. The molecule has 0 radical (unpaired) electrons. The minimum Gasteiger partial charge on any atom is -0.466 e. The van der Waals surface area contributed by atoms with Gasteiger partial charge in [-0.05, 0) is 31.4 Å². The smallest absolute Gasteiger partial charge is 0.311 e. The highest BCUT2D eigenvalue weighted by Crippen LogP contribution is 2.58. The number of nitrogens with one attached hydrogen (secondary N) is 1. The molecule has 2 aromatic carbocycles. The van der Waals surface area contributed by atoms with E-state index in [-0.39, 0.29) is 29.6 Å². The molecule has 1 unspecified atom stereocenters. The highest BCUT2D eigenvalue weighted by atomic mass is 16.5. The van der Waals surface area contributed by atoms with Crippen molar-refractivity contribution in [3.05, 3.63) is 71.8 Å². The summed E-state index contributed by atoms with van der Waals surface area (Å²) in [6, 6.07) is 20.2. The number of esters is 1. The van der Waals surface area contributed by atoms with Crippen molar-refractivity contribution in [2.24, 2.45) is 11.0 Å². The van der Waals surface area contributed by atoms with E-state index in [0.29, 0.717) is 12.3 Å². The molecule has 1 aliphatic carbocycles. The van der Waals surface area contributed by atoms with E-state index < -0.39 is 0 Å². The van der Waals surface area contributed by atoms with Crippen LogP contribution >= 0.6 is 0 Å². The van der Waals surface area contributed by atoms with Crippen molar-refractivity contribution >= 4 is 17.6 Å². The number of rotatable bonds is 7. The molecule has 1 N–H and O–H groups in total. The van der Waals surface area contributed by atoms with Gasteiger partial charge in [0.2, 0.25) is 5.91 Å². The van der Waals surface area contributed by atoms with Crippen LogP contribution in [-0.2, 0) is 19.7 Å². The zero-order valence-electron chi connectivity index (χ0n) is 15.6. The van der Waals surface area contributed by atoms with Crippen molar-refractivity contribution in [2.75, 3.05) is 6.61 Å². The highest BCUT2D eigenvalue weighted by molar-refractivity contribution is 5.98. The van der Waals surface area contributed by atoms with Gasteiger partial charge in [-0.3, -0.25) is 9.59 Å². The number of benzene rings is 2. The maximum Gasteiger partial charge on any atom is 0.311 e. The standard InChI is InChI=1S/C22H24N2O3/c1-3-27-20(25)14-16(2)23-24-21(26)19-15-22(19,17-10-6-4-7-11-17)18-12-8-5-9-13-18/h4-13,19H,3,14-15H2,1-2H3,(H,24,26). The predicted octanol–water partition coefficient (Wildman–Crippen LogP) is 3.44. The van der Waals surface area contributed by atoms with Crippen LogP contribution < -0.4 is 5.43 Å². The van der Waals surface area contributed by atoms with Crippen molar-refractivity contribution in [1.82, 2.24) is 5.43 Å². The lowest BCUT2D eigenvalue weighted by Gasteiger charge is -2.18. The number of amides is 1. The minimum absolute atomic E-state index is 0.0707. The molecule has 2 aromatic rings. The topological polar surface area (TPSA) is 67.8 Å². The van der Waals surface area contributed by atoms with Crippen LogP contribution in [0.25, 0.3) is 0 Å². The number of hydrogen-bond acceptors (Lipinski definition) is 4. The third kappa shape index (κ3) is 4.08. The van der Waals surface area contributed by atoms with Gasteiger partial charge in [-0.25, -0.2) is 5.43 Å². The molecular formula is C22H24N2O3. The minimum atomic E-state index is -0.345. The van der Waals surface area contributed by atoms with Gasteiger partial charge < -0.3 is 4.74 Å². The molecule has 27 heavy (non-hydrogen) atoms. The Labute approximate surface area is 159 Å². The summed E-state index contributed by atoms with van der Waals surface area (Å²) in [6.45, 7) is 3.79. The summed E-state index contributed by atoms with van der Waals surface area (Å²) in [5, 5.41) is 4.08. The fourth-order valence-electron chi connectivity index (χ4n) is 3.54. The summed E-state index contributed by atoms with van der Waals surface area (Å²) in [6.07, 6.45) is 0.806. The SMILES string of the molecule is CCOC(=O)CC(C)=NNC(=O)C1CC1(c1ccccc1)c1ccccc1. The van der Waals surface area contributed by atoms with Gasteiger partial charge in [0.1, 0.15) is 0 Å². The lowest BCUT2D eigenvalue weighted by molar-refractivity contribution is -0.141. The number of carbonyl (C=O) groups is 2. The molecule has 0 bridgehead atoms. The Morgan fingerprint density at radius 2 is 1.63 bits per heavy atom. The van der Waals surface area contributed by atoms with E-state index >= 15 is 0 Å². The van der Waals surface area contributed by atoms with Gasteiger partial charge in [-0.2, -0.15) is 5.10 Å². The second-order valence-electron chi connectivity index (χ2n) is 6.77. The molecule has 1 aliphatic rings. The van der Waals surface area contributed by atoms with E-state index in [9.17, 15) is 9.59 Å². The molecule has 3 rings (SSSR count). The third-order valence-electron chi connectivity index (χ3n) is 4.92. The van der Waals surface area contributed by atoms with E-state index in [4.69, 9.17) is 4.74 Å². The Bertz CT molecular complexity index is 792. The first-order chi connectivity index (χ1) is 13.1. The normalized spacial score (nSPS) is 17.9. The molecule has 1 saturated carbocycles. The van der Waals surface area contributed by atoms with E-state index in [1.54, 1.807) is 13.8 Å². The lowest BCUT2D eigenvalue weighted by atomic mass is 9.85. The summed E-state index contributed by atoms with van der Waals surface area (Å²) in [4.78, 5) is 24.3. The quantitative estimate of drug-likeness (QED) is 0.465. The summed E-state index contributed by atoms with van der Waals surface area (Å²) in [7, 11) is 0. The maximum absolute atomic E-state index is 12.7. The summed E-state index contributed by atoms with van der Waals surface area (Å²) in [5.41, 5.74) is 5.08. The first kappa shape index (κ1) is 18.8. The molecule has 5 heteroatoms. The van der Waals surface area contributed by atoms with Crippen LogP contribution in [-0.4, -0.2) is 24.2 Å². The second-order valence-corrected chi connectivity index (χ2v) is 6.77. The first-order valence-electron chi connectivity index (χ1n) is 9.17. The summed E-state index contributed by atoms with van der Waals surface area (Å²) >= 11 is 0. The Morgan fingerprint density at radius 3 is 2.15 bits per heavy atom. The monoisotopic (exact) mass is 364 g/mol. The highest BCUT2D eigenvalue weighted by Gasteiger charge is 2.60. The van der Waals surface area contributed by atoms with Gasteiger partial charge in [0.05, 0.1) is 18.9 Å². The van der Waals surface area contributed by atoms with Crippen LogP contribution in [0.4, 0.5) is 0 Å². The van der Waals surface area contributed by atoms with Gasteiger partial charge in [0, 0.05) is 11.1 Å². The van der Waals surface area contributed by atoms with Crippen LogP contribution in [0.2, 0.25) is 0 Å². The zero-order valence-corrected chi connectivity index (χ0v) is 15.6. The molecule has 140 valence electrons. The van der Waals surface area contributed by atoms with E-state index in [1.165, 1.54) is 0 Å². The average molecular weight is 364 g/mol. The van der Waals surface area contributed by atoms with Gasteiger partial charge >= 0.3 is 5.97 Å².